The zero-order chi connectivity index (χ0) is 21.5. The molecule has 1 aliphatic carbocycles. The highest BCUT2D eigenvalue weighted by molar-refractivity contribution is 6.00. The van der Waals surface area contributed by atoms with Gasteiger partial charge in [-0.05, 0) is 62.6 Å². The molecule has 1 saturated heterocycles. The number of fused-ring (bicyclic) bond motifs is 1. The van der Waals surface area contributed by atoms with Gasteiger partial charge in [-0.1, -0.05) is 12.1 Å². The zero-order valence-corrected chi connectivity index (χ0v) is 17.8. The number of aryl methyl sites for hydroxylation is 1. The van der Waals surface area contributed by atoms with E-state index >= 15 is 0 Å². The summed E-state index contributed by atoms with van der Waals surface area (Å²) in [5.74, 6) is 1.76. The van der Waals surface area contributed by atoms with Gasteiger partial charge in [-0.3, -0.25) is 14.5 Å². The second-order valence-electron chi connectivity index (χ2n) is 9.00. The Morgan fingerprint density at radius 2 is 1.90 bits per heavy atom. The Kier molecular flexibility index (Phi) is 5.20. The molecular weight excluding hydrogens is 395 g/mol. The van der Waals surface area contributed by atoms with Crippen molar-refractivity contribution in [2.45, 2.75) is 57.9 Å². The van der Waals surface area contributed by atoms with E-state index in [-0.39, 0.29) is 30.1 Å². The molecule has 0 bridgehead atoms. The van der Waals surface area contributed by atoms with Gasteiger partial charge in [-0.2, -0.15) is 0 Å². The monoisotopic (exact) mass is 422 g/mol. The lowest BCUT2D eigenvalue weighted by Gasteiger charge is -2.35. The van der Waals surface area contributed by atoms with Crippen LogP contribution in [0.2, 0.25) is 0 Å². The lowest BCUT2D eigenvalue weighted by Crippen LogP contribution is -2.40. The molecule has 0 N–H and O–H groups in total. The third-order valence-electron chi connectivity index (χ3n) is 6.62. The van der Waals surface area contributed by atoms with E-state index < -0.39 is 0 Å². The molecule has 3 aliphatic rings. The van der Waals surface area contributed by atoms with E-state index in [2.05, 4.69) is 0 Å². The van der Waals surface area contributed by atoms with E-state index in [0.29, 0.717) is 24.7 Å². The first kappa shape index (κ1) is 20.1. The normalized spacial score (nSPS) is 20.8. The number of piperidine rings is 1. The summed E-state index contributed by atoms with van der Waals surface area (Å²) < 4.78 is 13.2. The lowest BCUT2D eigenvalue weighted by atomic mass is 9.99. The number of aromatic nitrogens is 2. The molecule has 2 aliphatic heterocycles. The first-order valence-corrected chi connectivity index (χ1v) is 11.2. The zero-order valence-electron chi connectivity index (χ0n) is 17.8. The smallest absolute Gasteiger partial charge is 0.232 e. The molecule has 7 heteroatoms. The van der Waals surface area contributed by atoms with Crippen LogP contribution < -0.4 is 4.90 Å². The maximum atomic E-state index is 13.2. The van der Waals surface area contributed by atoms with Gasteiger partial charge in [-0.15, -0.1) is 0 Å². The molecule has 1 saturated carbocycles. The summed E-state index contributed by atoms with van der Waals surface area (Å²) in [6, 6.07) is 5.89. The second-order valence-corrected chi connectivity index (χ2v) is 9.00. The highest BCUT2D eigenvalue weighted by atomic mass is 19.1. The van der Waals surface area contributed by atoms with Crippen molar-refractivity contribution in [3.63, 3.8) is 0 Å². The number of anilines is 1. The van der Waals surface area contributed by atoms with Crippen LogP contribution in [0.3, 0.4) is 0 Å². The molecule has 2 fully saturated rings. The van der Waals surface area contributed by atoms with Crippen molar-refractivity contribution in [2.75, 3.05) is 18.0 Å². The van der Waals surface area contributed by atoms with Gasteiger partial charge >= 0.3 is 0 Å². The molecule has 0 unspecified atom stereocenters. The summed E-state index contributed by atoms with van der Waals surface area (Å²) >= 11 is 0. The summed E-state index contributed by atoms with van der Waals surface area (Å²) in [4.78, 5) is 39.0. The summed E-state index contributed by atoms with van der Waals surface area (Å²) in [6.07, 6.45) is 5.70. The van der Waals surface area contributed by atoms with Crippen LogP contribution in [0.1, 0.15) is 60.8 Å². The van der Waals surface area contributed by atoms with Crippen molar-refractivity contribution in [1.82, 2.24) is 14.9 Å². The second kappa shape index (κ2) is 8.02. The minimum absolute atomic E-state index is 0.00368. The fourth-order valence-corrected chi connectivity index (χ4v) is 4.67. The van der Waals surface area contributed by atoms with E-state index in [1.807, 2.05) is 16.7 Å². The van der Waals surface area contributed by atoms with Crippen LogP contribution in [0.5, 0.6) is 0 Å². The topological polar surface area (TPSA) is 66.4 Å². The Bertz CT molecular complexity index is 1020. The van der Waals surface area contributed by atoms with Gasteiger partial charge in [0.1, 0.15) is 11.6 Å². The average molecular weight is 423 g/mol. The van der Waals surface area contributed by atoms with Gasteiger partial charge in [0, 0.05) is 24.3 Å². The Hall–Kier alpha value is -2.83. The van der Waals surface area contributed by atoms with Crippen LogP contribution >= 0.6 is 0 Å². The van der Waals surface area contributed by atoms with Gasteiger partial charge in [-0.25, -0.2) is 14.4 Å². The van der Waals surface area contributed by atoms with Crippen LogP contribution in [0.25, 0.3) is 0 Å². The minimum Gasteiger partial charge on any atom is -0.332 e. The molecule has 0 spiro atoms. The quantitative estimate of drug-likeness (QED) is 0.740. The fourth-order valence-electron chi connectivity index (χ4n) is 4.67. The first-order chi connectivity index (χ1) is 15.0. The SMILES string of the molecule is Cc1nc([C@H]2CCCCN2C(=O)Cc2ccc(F)cc2)nc2c1CC(=O)N2CC1CC1. The van der Waals surface area contributed by atoms with Gasteiger partial charge in [0.25, 0.3) is 0 Å². The van der Waals surface area contributed by atoms with Crippen molar-refractivity contribution >= 4 is 17.6 Å². The van der Waals surface area contributed by atoms with E-state index in [4.69, 9.17) is 9.97 Å². The Balaban J connectivity index is 1.41. The van der Waals surface area contributed by atoms with Crippen molar-refractivity contribution < 1.29 is 14.0 Å². The van der Waals surface area contributed by atoms with Crippen molar-refractivity contribution in [3.8, 4) is 0 Å². The molecule has 162 valence electrons. The molecule has 0 radical (unpaired) electrons. The molecule has 5 rings (SSSR count). The lowest BCUT2D eigenvalue weighted by molar-refractivity contribution is -0.134. The molecule has 6 nitrogen and oxygen atoms in total. The van der Waals surface area contributed by atoms with E-state index in [1.165, 1.54) is 25.0 Å². The van der Waals surface area contributed by atoms with E-state index in [1.54, 1.807) is 12.1 Å². The average Bonchev–Trinajstić information content (AvgIpc) is 3.53. The van der Waals surface area contributed by atoms with Gasteiger partial charge in [0.2, 0.25) is 11.8 Å². The van der Waals surface area contributed by atoms with Crippen LogP contribution in [0.15, 0.2) is 24.3 Å². The van der Waals surface area contributed by atoms with Crippen LogP contribution in [0, 0.1) is 18.7 Å². The minimum atomic E-state index is -0.306. The van der Waals surface area contributed by atoms with Gasteiger partial charge in [0.05, 0.1) is 18.9 Å². The Labute approximate surface area is 181 Å². The van der Waals surface area contributed by atoms with Crippen molar-refractivity contribution in [3.05, 3.63) is 52.7 Å². The molecule has 31 heavy (non-hydrogen) atoms. The number of halogens is 1. The number of carbonyl (C=O) groups is 2. The highest BCUT2D eigenvalue weighted by Crippen LogP contribution is 2.37. The van der Waals surface area contributed by atoms with Gasteiger partial charge in [0.15, 0.2) is 5.82 Å². The number of hydrogen-bond donors (Lipinski definition) is 0. The predicted octanol–water partition coefficient (Wildman–Crippen LogP) is 3.52. The number of amides is 2. The number of benzene rings is 1. The number of rotatable bonds is 5. The van der Waals surface area contributed by atoms with Crippen molar-refractivity contribution in [2.24, 2.45) is 5.92 Å². The molecule has 2 aromatic rings. The fraction of sp³-hybridized carbons (Fsp3) is 0.500. The summed E-state index contributed by atoms with van der Waals surface area (Å²) in [5, 5.41) is 0. The maximum absolute atomic E-state index is 13.2. The highest BCUT2D eigenvalue weighted by Gasteiger charge is 2.37. The number of hydrogen-bond acceptors (Lipinski definition) is 4. The summed E-state index contributed by atoms with van der Waals surface area (Å²) in [5.41, 5.74) is 2.56. The molecular formula is C24H27FN4O2. The largest absolute Gasteiger partial charge is 0.332 e. The van der Waals surface area contributed by atoms with Crippen LogP contribution in [0.4, 0.5) is 10.2 Å². The third-order valence-corrected chi connectivity index (χ3v) is 6.62. The molecule has 2 amide bonds. The predicted molar refractivity (Wildman–Crippen MR) is 114 cm³/mol. The molecule has 1 aromatic carbocycles. The van der Waals surface area contributed by atoms with Crippen LogP contribution in [-0.4, -0.2) is 39.8 Å². The molecule has 3 heterocycles. The number of nitrogens with zero attached hydrogens (tertiary/aromatic N) is 4. The number of carbonyl (C=O) groups excluding carboxylic acids is 2. The standard InChI is InChI=1S/C24H27FN4O2/c1-15-19-13-22(31)29(14-17-5-6-17)24(19)27-23(26-15)20-4-2-3-11-28(20)21(30)12-16-7-9-18(25)10-8-16/h7-10,17,20H,2-6,11-14H2,1H3/t20-/m1/s1. The maximum Gasteiger partial charge on any atom is 0.232 e. The summed E-state index contributed by atoms with van der Waals surface area (Å²) in [6.45, 7) is 3.33. The van der Waals surface area contributed by atoms with E-state index in [9.17, 15) is 14.0 Å². The Morgan fingerprint density at radius 3 is 2.65 bits per heavy atom. The first-order valence-electron chi connectivity index (χ1n) is 11.2. The molecule has 1 atom stereocenters. The van der Waals surface area contributed by atoms with Gasteiger partial charge < -0.3 is 4.90 Å². The van der Waals surface area contributed by atoms with Crippen molar-refractivity contribution in [1.29, 1.82) is 0 Å². The van der Waals surface area contributed by atoms with Crippen LogP contribution in [-0.2, 0) is 22.4 Å². The summed E-state index contributed by atoms with van der Waals surface area (Å²) in [7, 11) is 0. The van der Waals surface area contributed by atoms with E-state index in [0.717, 1.165) is 48.4 Å². The third kappa shape index (κ3) is 4.05. The Morgan fingerprint density at radius 1 is 1.13 bits per heavy atom. The number of likely N-dealkylation sites (tertiary alicyclic amines) is 1. The molecule has 1 aromatic heterocycles.